The van der Waals surface area contributed by atoms with Crippen LogP contribution in [0.15, 0.2) is 12.2 Å². The Kier molecular flexibility index (Phi) is 6.38. The van der Waals surface area contributed by atoms with Crippen molar-refractivity contribution in [3.8, 4) is 0 Å². The summed E-state index contributed by atoms with van der Waals surface area (Å²) in [5.74, 6) is 0.0338. The minimum Gasteiger partial charge on any atom is -0.396 e. The molecule has 70 valence electrons. The summed E-state index contributed by atoms with van der Waals surface area (Å²) in [5, 5.41) is 11.2. The summed E-state index contributed by atoms with van der Waals surface area (Å²) in [5.41, 5.74) is 0.950. The first-order chi connectivity index (χ1) is 5.66. The van der Waals surface area contributed by atoms with Crippen molar-refractivity contribution in [2.24, 2.45) is 0 Å². The Bertz CT molecular complexity index is 155. The number of rotatable bonds is 6. The summed E-state index contributed by atoms with van der Waals surface area (Å²) in [4.78, 5) is 11.0. The van der Waals surface area contributed by atoms with Crippen molar-refractivity contribution in [3.05, 3.63) is 12.2 Å². The first-order valence-corrected chi connectivity index (χ1v) is 4.18. The van der Waals surface area contributed by atoms with Gasteiger partial charge in [-0.2, -0.15) is 0 Å². The van der Waals surface area contributed by atoms with Gasteiger partial charge in [-0.25, -0.2) is 0 Å². The van der Waals surface area contributed by atoms with Crippen LogP contribution in [0.25, 0.3) is 0 Å². The van der Waals surface area contributed by atoms with E-state index in [2.05, 4.69) is 11.9 Å². The lowest BCUT2D eigenvalue weighted by molar-refractivity contribution is -0.121. The zero-order chi connectivity index (χ0) is 9.40. The van der Waals surface area contributed by atoms with Crippen LogP contribution >= 0.6 is 0 Å². The first-order valence-electron chi connectivity index (χ1n) is 4.18. The van der Waals surface area contributed by atoms with Crippen molar-refractivity contribution in [1.82, 2.24) is 5.32 Å². The lowest BCUT2D eigenvalue weighted by Crippen LogP contribution is -2.24. The van der Waals surface area contributed by atoms with Gasteiger partial charge in [0.15, 0.2) is 0 Å². The number of aliphatic hydroxyl groups is 1. The zero-order valence-electron chi connectivity index (χ0n) is 7.60. The molecule has 2 N–H and O–H groups in total. The van der Waals surface area contributed by atoms with Crippen molar-refractivity contribution in [3.63, 3.8) is 0 Å². The molecular weight excluding hydrogens is 154 g/mol. The maximum atomic E-state index is 11.0. The van der Waals surface area contributed by atoms with Crippen LogP contribution in [0.5, 0.6) is 0 Å². The average molecular weight is 171 g/mol. The molecule has 0 spiro atoms. The molecule has 0 bridgehead atoms. The third kappa shape index (κ3) is 7.28. The molecule has 0 aliphatic rings. The van der Waals surface area contributed by atoms with E-state index in [-0.39, 0.29) is 12.5 Å². The molecule has 0 saturated carbocycles. The number of amides is 1. The van der Waals surface area contributed by atoms with E-state index in [0.29, 0.717) is 19.4 Å². The molecule has 0 heterocycles. The Morgan fingerprint density at radius 1 is 1.50 bits per heavy atom. The summed E-state index contributed by atoms with van der Waals surface area (Å²) >= 11 is 0. The third-order valence-electron chi connectivity index (χ3n) is 1.40. The highest BCUT2D eigenvalue weighted by Crippen LogP contribution is 1.94. The van der Waals surface area contributed by atoms with Crippen molar-refractivity contribution in [2.45, 2.75) is 26.2 Å². The van der Waals surface area contributed by atoms with Crippen LogP contribution in [0.2, 0.25) is 0 Å². The molecule has 0 fully saturated rings. The molecule has 0 aliphatic carbocycles. The van der Waals surface area contributed by atoms with Gasteiger partial charge >= 0.3 is 0 Å². The molecule has 0 aromatic heterocycles. The second-order valence-corrected chi connectivity index (χ2v) is 2.91. The molecule has 0 aliphatic heterocycles. The highest BCUT2D eigenvalue weighted by molar-refractivity contribution is 5.76. The Hall–Kier alpha value is -0.830. The van der Waals surface area contributed by atoms with E-state index in [4.69, 9.17) is 5.11 Å². The molecule has 0 radical (unpaired) electrons. The van der Waals surface area contributed by atoms with Crippen molar-refractivity contribution in [2.75, 3.05) is 13.2 Å². The van der Waals surface area contributed by atoms with Crippen LogP contribution in [0.4, 0.5) is 0 Å². The predicted octanol–water partition coefficient (Wildman–Crippen LogP) is 0.841. The molecule has 0 atom stereocenters. The second kappa shape index (κ2) is 6.85. The topological polar surface area (TPSA) is 49.3 Å². The summed E-state index contributed by atoms with van der Waals surface area (Å²) in [6, 6.07) is 0. The van der Waals surface area contributed by atoms with Gasteiger partial charge in [-0.15, -0.1) is 0 Å². The van der Waals surface area contributed by atoms with Crippen LogP contribution in [-0.2, 0) is 4.79 Å². The minimum atomic E-state index is 0.0338. The fraction of sp³-hybridized carbons (Fsp3) is 0.667. The molecule has 0 saturated heterocycles. The number of carbonyl (C=O) groups is 1. The van der Waals surface area contributed by atoms with Gasteiger partial charge in [0.05, 0.1) is 0 Å². The van der Waals surface area contributed by atoms with E-state index in [0.717, 1.165) is 12.0 Å². The van der Waals surface area contributed by atoms with Gasteiger partial charge in [0.2, 0.25) is 5.91 Å². The fourth-order valence-corrected chi connectivity index (χ4v) is 0.735. The van der Waals surface area contributed by atoms with E-state index >= 15 is 0 Å². The Labute approximate surface area is 73.5 Å². The van der Waals surface area contributed by atoms with Crippen LogP contribution in [0.3, 0.4) is 0 Å². The normalized spacial score (nSPS) is 9.50. The number of carbonyl (C=O) groups excluding carboxylic acids is 1. The van der Waals surface area contributed by atoms with E-state index in [1.807, 2.05) is 6.92 Å². The van der Waals surface area contributed by atoms with Crippen LogP contribution in [-0.4, -0.2) is 24.2 Å². The smallest absolute Gasteiger partial charge is 0.220 e. The summed E-state index contributed by atoms with van der Waals surface area (Å²) < 4.78 is 0. The van der Waals surface area contributed by atoms with Gasteiger partial charge in [0, 0.05) is 19.6 Å². The molecule has 3 nitrogen and oxygen atoms in total. The number of hydrogen-bond acceptors (Lipinski definition) is 2. The van der Waals surface area contributed by atoms with E-state index in [1.165, 1.54) is 0 Å². The van der Waals surface area contributed by atoms with E-state index < -0.39 is 0 Å². The van der Waals surface area contributed by atoms with Gasteiger partial charge in [-0.1, -0.05) is 12.2 Å². The molecule has 0 aromatic carbocycles. The molecule has 0 unspecified atom stereocenters. The monoisotopic (exact) mass is 171 g/mol. The molecular formula is C9H17NO2. The summed E-state index contributed by atoms with van der Waals surface area (Å²) in [6.07, 6.45) is 1.94. The predicted molar refractivity (Wildman–Crippen MR) is 48.8 cm³/mol. The lowest BCUT2D eigenvalue weighted by Gasteiger charge is -2.03. The lowest BCUT2D eigenvalue weighted by atomic mass is 10.2. The highest BCUT2D eigenvalue weighted by Gasteiger charge is 1.98. The molecule has 12 heavy (non-hydrogen) atoms. The Morgan fingerprint density at radius 3 is 2.67 bits per heavy atom. The minimum absolute atomic E-state index is 0.0338. The molecule has 1 amide bonds. The van der Waals surface area contributed by atoms with E-state index in [1.54, 1.807) is 0 Å². The van der Waals surface area contributed by atoms with Crippen molar-refractivity contribution >= 4 is 5.91 Å². The van der Waals surface area contributed by atoms with Gasteiger partial charge in [0.25, 0.3) is 0 Å². The van der Waals surface area contributed by atoms with Gasteiger partial charge < -0.3 is 10.4 Å². The van der Waals surface area contributed by atoms with Crippen LogP contribution in [0.1, 0.15) is 26.2 Å². The van der Waals surface area contributed by atoms with Gasteiger partial charge in [0.1, 0.15) is 0 Å². The average Bonchev–Trinajstić information content (AvgIpc) is 2.01. The molecule has 3 heteroatoms. The Balaban J connectivity index is 3.28. The second-order valence-electron chi connectivity index (χ2n) is 2.91. The third-order valence-corrected chi connectivity index (χ3v) is 1.40. The number of nitrogens with one attached hydrogen (secondary N) is 1. The van der Waals surface area contributed by atoms with Gasteiger partial charge in [-0.05, 0) is 19.8 Å². The zero-order valence-corrected chi connectivity index (χ0v) is 7.60. The first kappa shape index (κ1) is 11.2. The SMILES string of the molecule is C=C(C)CNC(=O)CCCCO. The molecule has 0 rings (SSSR count). The van der Waals surface area contributed by atoms with E-state index in [9.17, 15) is 4.79 Å². The quantitative estimate of drug-likeness (QED) is 0.459. The van der Waals surface area contributed by atoms with Gasteiger partial charge in [-0.3, -0.25) is 4.79 Å². The highest BCUT2D eigenvalue weighted by atomic mass is 16.2. The number of aliphatic hydroxyl groups excluding tert-OH is 1. The standard InChI is InChI=1S/C9H17NO2/c1-8(2)7-10-9(12)5-3-4-6-11/h11H,1,3-7H2,2H3,(H,10,12). The van der Waals surface area contributed by atoms with Crippen molar-refractivity contribution in [1.29, 1.82) is 0 Å². The van der Waals surface area contributed by atoms with Crippen LogP contribution < -0.4 is 5.32 Å². The molecule has 0 aromatic rings. The summed E-state index contributed by atoms with van der Waals surface area (Å²) in [6.45, 7) is 6.25. The van der Waals surface area contributed by atoms with Crippen molar-refractivity contribution < 1.29 is 9.90 Å². The fourth-order valence-electron chi connectivity index (χ4n) is 0.735. The summed E-state index contributed by atoms with van der Waals surface area (Å²) in [7, 11) is 0. The maximum absolute atomic E-state index is 11.0. The number of hydrogen-bond donors (Lipinski definition) is 2. The number of unbranched alkanes of at least 4 members (excludes halogenated alkanes) is 1. The largest absolute Gasteiger partial charge is 0.396 e. The Morgan fingerprint density at radius 2 is 2.17 bits per heavy atom. The van der Waals surface area contributed by atoms with Crippen LogP contribution in [0, 0.1) is 0 Å². The maximum Gasteiger partial charge on any atom is 0.220 e.